The van der Waals surface area contributed by atoms with Gasteiger partial charge in [0.2, 0.25) is 5.82 Å². The number of methoxy groups -OCH3 is 1. The predicted molar refractivity (Wildman–Crippen MR) is 75.6 cm³/mol. The van der Waals surface area contributed by atoms with E-state index in [1.807, 2.05) is 12.1 Å². The van der Waals surface area contributed by atoms with Crippen molar-refractivity contribution in [3.05, 3.63) is 30.4 Å². The van der Waals surface area contributed by atoms with Gasteiger partial charge in [0, 0.05) is 25.1 Å². The van der Waals surface area contributed by atoms with Crippen LogP contribution in [0.2, 0.25) is 0 Å². The van der Waals surface area contributed by atoms with Crippen molar-refractivity contribution in [3.63, 3.8) is 0 Å². The first-order valence-corrected chi connectivity index (χ1v) is 6.34. The fourth-order valence-corrected chi connectivity index (χ4v) is 2.36. The second kappa shape index (κ2) is 6.30. The SMILES string of the molecule is COC1(c2nc(-c3cccnc3)no2)CCNCC1.Cl. The second-order valence-corrected chi connectivity index (χ2v) is 4.61. The lowest BCUT2D eigenvalue weighted by Crippen LogP contribution is -2.41. The normalized spacial score (nSPS) is 17.4. The molecule has 0 aliphatic carbocycles. The Balaban J connectivity index is 0.00000147. The smallest absolute Gasteiger partial charge is 0.259 e. The summed E-state index contributed by atoms with van der Waals surface area (Å²) in [6.07, 6.45) is 5.10. The molecule has 1 aliphatic heterocycles. The number of nitrogens with one attached hydrogen (secondary N) is 1. The summed E-state index contributed by atoms with van der Waals surface area (Å²) in [6.45, 7) is 1.77. The summed E-state index contributed by atoms with van der Waals surface area (Å²) in [5.74, 6) is 1.11. The molecule has 20 heavy (non-hydrogen) atoms. The average molecular weight is 297 g/mol. The summed E-state index contributed by atoms with van der Waals surface area (Å²) in [4.78, 5) is 8.53. The highest BCUT2D eigenvalue weighted by molar-refractivity contribution is 5.85. The van der Waals surface area contributed by atoms with E-state index >= 15 is 0 Å². The summed E-state index contributed by atoms with van der Waals surface area (Å²) >= 11 is 0. The van der Waals surface area contributed by atoms with E-state index in [-0.39, 0.29) is 12.4 Å². The maximum absolute atomic E-state index is 5.66. The maximum Gasteiger partial charge on any atom is 0.259 e. The number of ether oxygens (including phenoxy) is 1. The Hall–Kier alpha value is -1.50. The van der Waals surface area contributed by atoms with Crippen molar-refractivity contribution in [2.45, 2.75) is 18.4 Å². The predicted octanol–water partition coefficient (Wildman–Crippen LogP) is 1.78. The summed E-state index contributed by atoms with van der Waals surface area (Å²) in [5, 5.41) is 7.33. The molecule has 0 atom stereocenters. The van der Waals surface area contributed by atoms with E-state index in [9.17, 15) is 0 Å². The van der Waals surface area contributed by atoms with Crippen LogP contribution >= 0.6 is 12.4 Å². The van der Waals surface area contributed by atoms with Gasteiger partial charge in [-0.25, -0.2) is 0 Å². The molecular weight excluding hydrogens is 280 g/mol. The molecule has 1 fully saturated rings. The molecule has 0 aromatic carbocycles. The zero-order chi connectivity index (χ0) is 13.1. The number of nitrogens with zero attached hydrogens (tertiary/aromatic N) is 3. The minimum absolute atomic E-state index is 0. The number of hydrogen-bond donors (Lipinski definition) is 1. The minimum atomic E-state index is -0.460. The first-order valence-electron chi connectivity index (χ1n) is 6.34. The third-order valence-electron chi connectivity index (χ3n) is 3.54. The number of rotatable bonds is 3. The van der Waals surface area contributed by atoms with E-state index in [2.05, 4.69) is 20.4 Å². The van der Waals surface area contributed by atoms with Crippen molar-refractivity contribution >= 4 is 12.4 Å². The summed E-state index contributed by atoms with van der Waals surface area (Å²) in [7, 11) is 1.69. The third-order valence-corrected chi connectivity index (χ3v) is 3.54. The number of pyridine rings is 1. The molecule has 7 heteroatoms. The van der Waals surface area contributed by atoms with Gasteiger partial charge >= 0.3 is 0 Å². The van der Waals surface area contributed by atoms with Gasteiger partial charge in [-0.3, -0.25) is 4.98 Å². The summed E-state index contributed by atoms with van der Waals surface area (Å²) < 4.78 is 11.1. The first-order chi connectivity index (χ1) is 9.34. The van der Waals surface area contributed by atoms with E-state index in [0.29, 0.717) is 11.7 Å². The lowest BCUT2D eigenvalue weighted by Gasteiger charge is -2.32. The van der Waals surface area contributed by atoms with Crippen LogP contribution in [0.4, 0.5) is 0 Å². The Morgan fingerprint density at radius 2 is 2.15 bits per heavy atom. The zero-order valence-electron chi connectivity index (χ0n) is 11.2. The lowest BCUT2D eigenvalue weighted by molar-refractivity contribution is -0.0622. The van der Waals surface area contributed by atoms with Gasteiger partial charge in [-0.05, 0) is 38.1 Å². The molecule has 0 spiro atoms. The molecule has 1 saturated heterocycles. The Labute approximate surface area is 123 Å². The van der Waals surface area contributed by atoms with Gasteiger partial charge in [0.05, 0.1) is 0 Å². The molecule has 1 aliphatic rings. The monoisotopic (exact) mass is 296 g/mol. The van der Waals surface area contributed by atoms with Gasteiger partial charge in [0.1, 0.15) is 5.60 Å². The van der Waals surface area contributed by atoms with Crippen LogP contribution in [0.25, 0.3) is 11.4 Å². The summed E-state index contributed by atoms with van der Waals surface area (Å²) in [5.41, 5.74) is 0.385. The third kappa shape index (κ3) is 2.67. The fourth-order valence-electron chi connectivity index (χ4n) is 2.36. The summed E-state index contributed by atoms with van der Waals surface area (Å²) in [6, 6.07) is 3.76. The minimum Gasteiger partial charge on any atom is -0.368 e. The van der Waals surface area contributed by atoms with Crippen LogP contribution in [0.5, 0.6) is 0 Å². The number of halogens is 1. The van der Waals surface area contributed by atoms with E-state index in [0.717, 1.165) is 31.5 Å². The van der Waals surface area contributed by atoms with Crippen molar-refractivity contribution in [2.75, 3.05) is 20.2 Å². The van der Waals surface area contributed by atoms with Crippen LogP contribution in [0.3, 0.4) is 0 Å². The molecule has 0 unspecified atom stereocenters. The molecular formula is C13H17ClN4O2. The van der Waals surface area contributed by atoms with E-state index in [1.165, 1.54) is 0 Å². The highest BCUT2D eigenvalue weighted by atomic mass is 35.5. The number of piperidine rings is 1. The van der Waals surface area contributed by atoms with E-state index in [4.69, 9.17) is 9.26 Å². The largest absolute Gasteiger partial charge is 0.368 e. The number of hydrogen-bond acceptors (Lipinski definition) is 6. The van der Waals surface area contributed by atoms with Gasteiger partial charge < -0.3 is 14.6 Å². The fraction of sp³-hybridized carbons (Fsp3) is 0.462. The highest BCUT2D eigenvalue weighted by Gasteiger charge is 2.39. The molecule has 108 valence electrons. The zero-order valence-corrected chi connectivity index (χ0v) is 12.0. The lowest BCUT2D eigenvalue weighted by atomic mass is 9.92. The Morgan fingerprint density at radius 1 is 1.35 bits per heavy atom. The van der Waals surface area contributed by atoms with Crippen molar-refractivity contribution in [3.8, 4) is 11.4 Å². The Bertz CT molecular complexity index is 540. The molecule has 3 heterocycles. The van der Waals surface area contributed by atoms with Crippen molar-refractivity contribution < 1.29 is 9.26 Å². The molecule has 0 radical (unpaired) electrons. The molecule has 0 saturated carbocycles. The van der Waals surface area contributed by atoms with Gasteiger partial charge in [-0.1, -0.05) is 5.16 Å². The Kier molecular flexibility index (Phi) is 4.69. The van der Waals surface area contributed by atoms with Gasteiger partial charge in [0.15, 0.2) is 0 Å². The van der Waals surface area contributed by atoms with Crippen LogP contribution in [0.15, 0.2) is 29.0 Å². The molecule has 2 aromatic rings. The van der Waals surface area contributed by atoms with Crippen LogP contribution in [0, 0.1) is 0 Å². The van der Waals surface area contributed by atoms with Gasteiger partial charge in [-0.15, -0.1) is 12.4 Å². The van der Waals surface area contributed by atoms with Gasteiger partial charge in [-0.2, -0.15) is 4.98 Å². The van der Waals surface area contributed by atoms with Crippen molar-refractivity contribution in [2.24, 2.45) is 0 Å². The molecule has 6 nitrogen and oxygen atoms in total. The van der Waals surface area contributed by atoms with Crippen LogP contribution in [-0.4, -0.2) is 35.3 Å². The van der Waals surface area contributed by atoms with Gasteiger partial charge in [0.25, 0.3) is 5.89 Å². The molecule has 2 aromatic heterocycles. The molecule has 0 amide bonds. The first kappa shape index (κ1) is 14.9. The molecule has 0 bridgehead atoms. The standard InChI is InChI=1S/C13H16N4O2.ClH/c1-18-13(4-7-14-8-5-13)12-16-11(17-19-12)10-3-2-6-15-9-10;/h2-3,6,9,14H,4-5,7-8H2,1H3;1H. The quantitative estimate of drug-likeness (QED) is 0.931. The van der Waals surface area contributed by atoms with Crippen LogP contribution in [0.1, 0.15) is 18.7 Å². The molecule has 1 N–H and O–H groups in total. The molecule has 3 rings (SSSR count). The van der Waals surface area contributed by atoms with Crippen molar-refractivity contribution in [1.82, 2.24) is 20.4 Å². The van der Waals surface area contributed by atoms with Crippen molar-refractivity contribution in [1.29, 1.82) is 0 Å². The second-order valence-electron chi connectivity index (χ2n) is 4.61. The van der Waals surface area contributed by atoms with E-state index < -0.39 is 5.60 Å². The highest BCUT2D eigenvalue weighted by Crippen LogP contribution is 2.33. The maximum atomic E-state index is 5.66. The van der Waals surface area contributed by atoms with E-state index in [1.54, 1.807) is 19.5 Å². The van der Waals surface area contributed by atoms with Crippen LogP contribution in [-0.2, 0) is 10.3 Å². The number of aromatic nitrogens is 3. The topological polar surface area (TPSA) is 73.1 Å². The average Bonchev–Trinajstić information content (AvgIpc) is 2.99. The Morgan fingerprint density at radius 3 is 2.80 bits per heavy atom. The van der Waals surface area contributed by atoms with Crippen LogP contribution < -0.4 is 5.32 Å².